The number of benzene rings is 1. The fourth-order valence-corrected chi connectivity index (χ4v) is 3.33. The van der Waals surface area contributed by atoms with E-state index in [2.05, 4.69) is 9.97 Å². The number of fused-ring (bicyclic) bond motifs is 1. The molecule has 1 heterocycles. The first-order valence-electron chi connectivity index (χ1n) is 7.19. The molecule has 0 amide bonds. The molecule has 1 aromatic carbocycles. The molecule has 21 heavy (non-hydrogen) atoms. The third-order valence-corrected chi connectivity index (χ3v) is 4.53. The monoisotopic (exact) mass is 322 g/mol. The molecule has 0 saturated heterocycles. The average Bonchev–Trinajstić information content (AvgIpc) is 2.70. The first-order chi connectivity index (χ1) is 10.1. The molecular weight excluding hydrogens is 307 g/mol. The molecule has 0 atom stereocenters. The minimum atomic E-state index is -0.379. The minimum absolute atomic E-state index is 0.140. The van der Waals surface area contributed by atoms with E-state index in [1.165, 1.54) is 12.1 Å². The highest BCUT2D eigenvalue weighted by atomic mass is 35.5. The Morgan fingerprint density at radius 3 is 2.90 bits per heavy atom. The second kappa shape index (κ2) is 6.24. The van der Waals surface area contributed by atoms with Crippen LogP contribution in [0.1, 0.15) is 41.9 Å². The molecule has 0 spiro atoms. The van der Waals surface area contributed by atoms with Gasteiger partial charge in [-0.2, -0.15) is 0 Å². The van der Waals surface area contributed by atoms with Gasteiger partial charge < -0.3 is 4.98 Å². The van der Waals surface area contributed by atoms with Crippen molar-refractivity contribution in [2.45, 2.75) is 38.5 Å². The lowest BCUT2D eigenvalue weighted by Gasteiger charge is -2.10. The van der Waals surface area contributed by atoms with Crippen LogP contribution in [-0.4, -0.2) is 9.97 Å². The Labute approximate surface area is 133 Å². The number of aromatic amines is 1. The van der Waals surface area contributed by atoms with Crippen molar-refractivity contribution < 1.29 is 4.39 Å². The Balaban J connectivity index is 1.96. The molecule has 0 unspecified atom stereocenters. The van der Waals surface area contributed by atoms with Crippen molar-refractivity contribution in [1.29, 1.82) is 0 Å². The van der Waals surface area contributed by atoms with Crippen molar-refractivity contribution in [3.05, 3.63) is 56.3 Å². The maximum absolute atomic E-state index is 14.0. The highest BCUT2D eigenvalue weighted by molar-refractivity contribution is 7.71. The van der Waals surface area contributed by atoms with Crippen molar-refractivity contribution in [3.63, 3.8) is 0 Å². The molecule has 0 aliphatic heterocycles. The van der Waals surface area contributed by atoms with Crippen LogP contribution in [0.25, 0.3) is 0 Å². The van der Waals surface area contributed by atoms with Crippen LogP contribution in [0.3, 0.4) is 0 Å². The second-order valence-electron chi connectivity index (χ2n) is 5.40. The quantitative estimate of drug-likeness (QED) is 0.636. The lowest BCUT2D eigenvalue weighted by atomic mass is 10.1. The van der Waals surface area contributed by atoms with E-state index in [0.29, 0.717) is 22.4 Å². The standard InChI is InChI=1S/C16H16ClFN2S/c17-12-7-4-5-10(15(12)18)9-14-19-13-8-3-1-2-6-11(13)16(21)20-14/h4-5,7H,1-3,6,8-9H2,(H,19,20,21). The molecule has 110 valence electrons. The number of hydrogen-bond acceptors (Lipinski definition) is 2. The molecule has 0 fully saturated rings. The van der Waals surface area contributed by atoms with Gasteiger partial charge in [-0.3, -0.25) is 0 Å². The molecule has 0 bridgehead atoms. The van der Waals surface area contributed by atoms with Gasteiger partial charge in [0.2, 0.25) is 0 Å². The smallest absolute Gasteiger partial charge is 0.145 e. The van der Waals surface area contributed by atoms with Crippen molar-refractivity contribution in [1.82, 2.24) is 9.97 Å². The van der Waals surface area contributed by atoms with Crippen molar-refractivity contribution >= 4 is 23.8 Å². The summed E-state index contributed by atoms with van der Waals surface area (Å²) in [6.07, 6.45) is 5.90. The number of aromatic nitrogens is 2. The molecular formula is C16H16ClFN2S. The molecule has 2 aromatic rings. The number of H-pyrrole nitrogens is 1. The lowest BCUT2D eigenvalue weighted by molar-refractivity contribution is 0.612. The topological polar surface area (TPSA) is 28.7 Å². The van der Waals surface area contributed by atoms with E-state index >= 15 is 0 Å². The normalized spacial score (nSPS) is 14.6. The van der Waals surface area contributed by atoms with Crippen molar-refractivity contribution in [2.24, 2.45) is 0 Å². The molecule has 5 heteroatoms. The van der Waals surface area contributed by atoms with Crippen molar-refractivity contribution in [2.75, 3.05) is 0 Å². The van der Waals surface area contributed by atoms with E-state index in [4.69, 9.17) is 23.8 Å². The zero-order chi connectivity index (χ0) is 14.8. The van der Waals surface area contributed by atoms with Gasteiger partial charge in [0.25, 0.3) is 0 Å². The number of nitrogens with zero attached hydrogens (tertiary/aromatic N) is 1. The number of rotatable bonds is 2. The Hall–Kier alpha value is -1.26. The zero-order valence-corrected chi connectivity index (χ0v) is 13.2. The number of aryl methyl sites for hydroxylation is 1. The average molecular weight is 323 g/mol. The zero-order valence-electron chi connectivity index (χ0n) is 11.6. The molecule has 0 saturated carbocycles. The SMILES string of the molecule is Fc1c(Cl)cccc1Cc1nc(=S)c2c([nH]1)CCCCC2. The van der Waals surface area contributed by atoms with E-state index in [1.807, 2.05) is 0 Å². The molecule has 1 aromatic heterocycles. The summed E-state index contributed by atoms with van der Waals surface area (Å²) >= 11 is 11.2. The number of nitrogens with one attached hydrogen (secondary N) is 1. The summed E-state index contributed by atoms with van der Waals surface area (Å²) in [5.41, 5.74) is 2.87. The van der Waals surface area contributed by atoms with E-state index in [-0.39, 0.29) is 10.8 Å². The largest absolute Gasteiger partial charge is 0.347 e. The maximum atomic E-state index is 14.0. The Morgan fingerprint density at radius 2 is 2.05 bits per heavy atom. The van der Waals surface area contributed by atoms with E-state index in [9.17, 15) is 4.39 Å². The van der Waals surface area contributed by atoms with Gasteiger partial charge in [0, 0.05) is 17.7 Å². The summed E-state index contributed by atoms with van der Waals surface area (Å²) in [6.45, 7) is 0. The van der Waals surface area contributed by atoms with Crippen LogP contribution >= 0.6 is 23.8 Å². The fraction of sp³-hybridized carbons (Fsp3) is 0.375. The van der Waals surface area contributed by atoms with Gasteiger partial charge >= 0.3 is 0 Å². The van der Waals surface area contributed by atoms with Gasteiger partial charge in [-0.1, -0.05) is 42.4 Å². The summed E-state index contributed by atoms with van der Waals surface area (Å²) in [5, 5.41) is 0.140. The molecule has 1 aliphatic rings. The summed E-state index contributed by atoms with van der Waals surface area (Å²) in [7, 11) is 0. The third-order valence-electron chi connectivity index (χ3n) is 3.90. The van der Waals surface area contributed by atoms with Gasteiger partial charge in [0.1, 0.15) is 16.3 Å². The van der Waals surface area contributed by atoms with Crippen LogP contribution in [0.5, 0.6) is 0 Å². The van der Waals surface area contributed by atoms with Gasteiger partial charge in [0.05, 0.1) is 5.02 Å². The molecule has 1 aliphatic carbocycles. The highest BCUT2D eigenvalue weighted by Gasteiger charge is 2.14. The van der Waals surface area contributed by atoms with Gasteiger partial charge in [-0.15, -0.1) is 0 Å². The van der Waals surface area contributed by atoms with E-state index in [0.717, 1.165) is 31.2 Å². The fourth-order valence-electron chi connectivity index (χ4n) is 2.80. The predicted molar refractivity (Wildman–Crippen MR) is 84.9 cm³/mol. The van der Waals surface area contributed by atoms with Crippen LogP contribution in [0.2, 0.25) is 5.02 Å². The van der Waals surface area contributed by atoms with E-state index in [1.54, 1.807) is 18.2 Å². The maximum Gasteiger partial charge on any atom is 0.145 e. The minimum Gasteiger partial charge on any atom is -0.347 e. The highest BCUT2D eigenvalue weighted by Crippen LogP contribution is 2.22. The summed E-state index contributed by atoms with van der Waals surface area (Å²) in [5.74, 6) is 0.331. The lowest BCUT2D eigenvalue weighted by Crippen LogP contribution is -2.06. The number of hydrogen-bond donors (Lipinski definition) is 1. The third kappa shape index (κ3) is 3.16. The molecule has 2 nitrogen and oxygen atoms in total. The summed E-state index contributed by atoms with van der Waals surface area (Å²) < 4.78 is 14.6. The summed E-state index contributed by atoms with van der Waals surface area (Å²) in [4.78, 5) is 7.80. The predicted octanol–water partition coefficient (Wildman–Crippen LogP) is 4.79. The van der Waals surface area contributed by atoms with Crippen LogP contribution in [0.15, 0.2) is 18.2 Å². The first-order valence-corrected chi connectivity index (χ1v) is 7.97. The Kier molecular flexibility index (Phi) is 4.36. The van der Waals surface area contributed by atoms with Crippen LogP contribution in [0.4, 0.5) is 4.39 Å². The van der Waals surface area contributed by atoms with E-state index < -0.39 is 0 Å². The molecule has 3 rings (SSSR count). The Morgan fingerprint density at radius 1 is 1.24 bits per heavy atom. The van der Waals surface area contributed by atoms with Crippen LogP contribution in [-0.2, 0) is 19.3 Å². The molecule has 1 N–H and O–H groups in total. The number of halogens is 2. The van der Waals surface area contributed by atoms with Crippen molar-refractivity contribution in [3.8, 4) is 0 Å². The first kappa shape index (κ1) is 14.7. The van der Waals surface area contributed by atoms with Gasteiger partial charge in [0.15, 0.2) is 0 Å². The molecule has 0 radical (unpaired) electrons. The summed E-state index contributed by atoms with van der Waals surface area (Å²) in [6, 6.07) is 5.03. The van der Waals surface area contributed by atoms with Crippen LogP contribution in [0, 0.1) is 10.5 Å². The van der Waals surface area contributed by atoms with Gasteiger partial charge in [-0.05, 0) is 37.3 Å². The van der Waals surface area contributed by atoms with Crippen LogP contribution < -0.4 is 0 Å². The Bertz CT molecular complexity index is 727. The second-order valence-corrected chi connectivity index (χ2v) is 6.19. The van der Waals surface area contributed by atoms with Gasteiger partial charge in [-0.25, -0.2) is 9.37 Å².